The molecule has 0 aliphatic rings. The molecule has 0 saturated heterocycles. The van der Waals surface area contributed by atoms with E-state index in [4.69, 9.17) is 10.7 Å². The average Bonchev–Trinajstić information content (AvgIpc) is 2.30. The summed E-state index contributed by atoms with van der Waals surface area (Å²) in [5.74, 6) is 0. The van der Waals surface area contributed by atoms with Crippen molar-refractivity contribution in [1.82, 2.24) is 4.37 Å². The first-order chi connectivity index (χ1) is 5.41. The molecule has 0 amide bonds. The minimum absolute atomic E-state index is 0.362. The Bertz CT molecular complexity index is 374. The van der Waals surface area contributed by atoms with Crippen LogP contribution in [0.2, 0.25) is 0 Å². The van der Waals surface area contributed by atoms with Gasteiger partial charge in [-0.2, -0.15) is 4.37 Å². The van der Waals surface area contributed by atoms with Crippen LogP contribution in [0.1, 0.15) is 12.1 Å². The number of rotatable bonds is 2. The Labute approximate surface area is 75.6 Å². The van der Waals surface area contributed by atoms with Crippen molar-refractivity contribution in [3.8, 4) is 0 Å². The van der Waals surface area contributed by atoms with Gasteiger partial charge in [0.15, 0.2) is 4.21 Å². The molecule has 1 aromatic rings. The molecule has 0 saturated carbocycles. The van der Waals surface area contributed by atoms with Gasteiger partial charge in [0.1, 0.15) is 5.69 Å². The van der Waals surface area contributed by atoms with Crippen molar-refractivity contribution < 1.29 is 17.2 Å². The quantitative estimate of drug-likeness (QED) is 0.734. The molecule has 1 rings (SSSR count). The van der Waals surface area contributed by atoms with Gasteiger partial charge < -0.3 is 0 Å². The monoisotopic (exact) mass is 233 g/mol. The summed E-state index contributed by atoms with van der Waals surface area (Å²) in [7, 11) is 0.954. The summed E-state index contributed by atoms with van der Waals surface area (Å²) in [5, 5.41) is 0. The van der Waals surface area contributed by atoms with Gasteiger partial charge in [-0.25, -0.2) is 17.2 Å². The summed E-state index contributed by atoms with van der Waals surface area (Å²) >= 11 is 0.435. The van der Waals surface area contributed by atoms with Gasteiger partial charge in [-0.3, -0.25) is 0 Å². The standard InChI is InChI=1S/C4H2ClF2NO2S2/c5-12(9,10)3-1-2(4(6)7)8-11-3/h1,4H. The first kappa shape index (κ1) is 9.82. The van der Waals surface area contributed by atoms with Crippen LogP contribution < -0.4 is 0 Å². The third kappa shape index (κ3) is 2.11. The highest BCUT2D eigenvalue weighted by atomic mass is 35.7. The van der Waals surface area contributed by atoms with Crippen molar-refractivity contribution >= 4 is 31.3 Å². The lowest BCUT2D eigenvalue weighted by Gasteiger charge is -1.87. The molecule has 0 radical (unpaired) electrons. The first-order valence-electron chi connectivity index (χ1n) is 2.60. The van der Waals surface area contributed by atoms with E-state index in [-0.39, 0.29) is 4.21 Å². The lowest BCUT2D eigenvalue weighted by molar-refractivity contribution is 0.147. The van der Waals surface area contributed by atoms with Crippen LogP contribution >= 0.6 is 22.2 Å². The van der Waals surface area contributed by atoms with E-state index in [1.807, 2.05) is 0 Å². The summed E-state index contributed by atoms with van der Waals surface area (Å²) in [5.41, 5.74) is -0.570. The highest BCUT2D eigenvalue weighted by Crippen LogP contribution is 2.26. The van der Waals surface area contributed by atoms with Gasteiger partial charge in [-0.15, -0.1) is 0 Å². The van der Waals surface area contributed by atoms with E-state index in [9.17, 15) is 17.2 Å². The lowest BCUT2D eigenvalue weighted by atomic mass is 10.5. The van der Waals surface area contributed by atoms with Crippen LogP contribution in [0.5, 0.6) is 0 Å². The summed E-state index contributed by atoms with van der Waals surface area (Å²) < 4.78 is 47.7. The SMILES string of the molecule is O=S(=O)(Cl)c1cc(C(F)F)ns1. The van der Waals surface area contributed by atoms with E-state index >= 15 is 0 Å². The molecule has 0 bridgehead atoms. The fourth-order valence-electron chi connectivity index (χ4n) is 0.489. The van der Waals surface area contributed by atoms with E-state index in [2.05, 4.69) is 4.37 Å². The summed E-state index contributed by atoms with van der Waals surface area (Å²) in [4.78, 5) is 0. The van der Waals surface area contributed by atoms with E-state index in [1.54, 1.807) is 0 Å². The van der Waals surface area contributed by atoms with Crippen LogP contribution in [0, 0.1) is 0 Å². The molecule has 0 atom stereocenters. The second-order valence-electron chi connectivity index (χ2n) is 1.81. The molecule has 3 nitrogen and oxygen atoms in total. The lowest BCUT2D eigenvalue weighted by Crippen LogP contribution is -1.85. The van der Waals surface area contributed by atoms with Crippen LogP contribution in [0.15, 0.2) is 10.3 Å². The Hall–Kier alpha value is -0.270. The van der Waals surface area contributed by atoms with Crippen LogP contribution in [0.25, 0.3) is 0 Å². The molecule has 0 unspecified atom stereocenters. The Balaban J connectivity index is 3.09. The molecule has 0 N–H and O–H groups in total. The zero-order chi connectivity index (χ0) is 9.35. The average molecular weight is 234 g/mol. The van der Waals surface area contributed by atoms with Crippen molar-refractivity contribution in [2.24, 2.45) is 0 Å². The van der Waals surface area contributed by atoms with Crippen molar-refractivity contribution in [3.63, 3.8) is 0 Å². The molecule has 0 aromatic carbocycles. The zero-order valence-electron chi connectivity index (χ0n) is 5.37. The van der Waals surface area contributed by atoms with Crippen LogP contribution in [0.3, 0.4) is 0 Å². The normalized spacial score (nSPS) is 12.3. The molecule has 8 heteroatoms. The maximum absolute atomic E-state index is 11.9. The number of hydrogen-bond acceptors (Lipinski definition) is 4. The fraction of sp³-hybridized carbons (Fsp3) is 0.250. The minimum atomic E-state index is -3.92. The number of nitrogens with zero attached hydrogens (tertiary/aromatic N) is 1. The van der Waals surface area contributed by atoms with Crippen molar-refractivity contribution in [3.05, 3.63) is 11.8 Å². The molecule has 0 aliphatic heterocycles. The smallest absolute Gasteiger partial charge is 0.206 e. The number of alkyl halides is 2. The Morgan fingerprint density at radius 2 is 2.17 bits per heavy atom. The van der Waals surface area contributed by atoms with Crippen LogP contribution in [-0.2, 0) is 9.05 Å². The van der Waals surface area contributed by atoms with E-state index in [1.165, 1.54) is 0 Å². The van der Waals surface area contributed by atoms with Crippen molar-refractivity contribution in [1.29, 1.82) is 0 Å². The molecule has 68 valence electrons. The molecule has 0 spiro atoms. The van der Waals surface area contributed by atoms with Gasteiger partial charge in [0.05, 0.1) is 0 Å². The second-order valence-corrected chi connectivity index (χ2v) is 5.41. The van der Waals surface area contributed by atoms with Gasteiger partial charge in [0, 0.05) is 10.7 Å². The number of halogens is 3. The van der Waals surface area contributed by atoms with Crippen LogP contribution in [0.4, 0.5) is 8.78 Å². The fourth-order valence-corrected chi connectivity index (χ4v) is 2.11. The van der Waals surface area contributed by atoms with Gasteiger partial charge in [-0.1, -0.05) is 0 Å². The van der Waals surface area contributed by atoms with Gasteiger partial charge in [-0.05, 0) is 17.6 Å². The molecule has 1 aromatic heterocycles. The van der Waals surface area contributed by atoms with Crippen molar-refractivity contribution in [2.75, 3.05) is 0 Å². The molecular weight excluding hydrogens is 232 g/mol. The molecule has 12 heavy (non-hydrogen) atoms. The maximum atomic E-state index is 11.9. The maximum Gasteiger partial charge on any atom is 0.281 e. The van der Waals surface area contributed by atoms with E-state index in [0.717, 1.165) is 6.07 Å². The van der Waals surface area contributed by atoms with E-state index in [0.29, 0.717) is 11.5 Å². The summed E-state index contributed by atoms with van der Waals surface area (Å²) in [6.07, 6.45) is -2.77. The largest absolute Gasteiger partial charge is 0.281 e. The third-order valence-corrected chi connectivity index (χ3v) is 3.82. The molecular formula is C4H2ClF2NO2S2. The summed E-state index contributed by atoms with van der Waals surface area (Å²) in [6.45, 7) is 0. The highest BCUT2D eigenvalue weighted by molar-refractivity contribution is 8.15. The highest BCUT2D eigenvalue weighted by Gasteiger charge is 2.18. The van der Waals surface area contributed by atoms with Crippen LogP contribution in [-0.4, -0.2) is 12.8 Å². The predicted molar refractivity (Wildman–Crippen MR) is 40.1 cm³/mol. The molecule has 0 aliphatic carbocycles. The minimum Gasteiger partial charge on any atom is -0.206 e. The van der Waals surface area contributed by atoms with Gasteiger partial charge in [0.2, 0.25) is 0 Å². The third-order valence-electron chi connectivity index (χ3n) is 0.971. The predicted octanol–water partition coefficient (Wildman–Crippen LogP) is 2.01. The zero-order valence-corrected chi connectivity index (χ0v) is 7.76. The Morgan fingerprint density at radius 1 is 1.58 bits per heavy atom. The summed E-state index contributed by atoms with van der Waals surface area (Å²) in [6, 6.07) is 0.762. The van der Waals surface area contributed by atoms with Gasteiger partial charge >= 0.3 is 0 Å². The first-order valence-corrected chi connectivity index (χ1v) is 5.69. The number of hydrogen-bond donors (Lipinski definition) is 0. The molecule has 1 heterocycles. The van der Waals surface area contributed by atoms with E-state index < -0.39 is 21.2 Å². The number of aromatic nitrogens is 1. The Morgan fingerprint density at radius 3 is 2.42 bits per heavy atom. The molecule has 0 fully saturated rings. The Kier molecular flexibility index (Phi) is 2.64. The van der Waals surface area contributed by atoms with Gasteiger partial charge in [0.25, 0.3) is 15.5 Å². The topological polar surface area (TPSA) is 47.0 Å². The second kappa shape index (κ2) is 3.23. The van der Waals surface area contributed by atoms with Crippen molar-refractivity contribution in [2.45, 2.75) is 10.6 Å².